The first-order valence-corrected chi connectivity index (χ1v) is 4.59. The van der Waals surface area contributed by atoms with Gasteiger partial charge in [-0.05, 0) is 32.0 Å². The molecule has 0 saturated carbocycles. The van der Waals surface area contributed by atoms with Gasteiger partial charge in [0.05, 0.1) is 0 Å². The van der Waals surface area contributed by atoms with E-state index in [1.54, 1.807) is 18.5 Å². The van der Waals surface area contributed by atoms with Crippen molar-refractivity contribution in [2.24, 2.45) is 0 Å². The van der Waals surface area contributed by atoms with Gasteiger partial charge in [-0.25, -0.2) is 9.97 Å². The third-order valence-electron chi connectivity index (χ3n) is 2.10. The fourth-order valence-corrected chi connectivity index (χ4v) is 1.41. The average Bonchev–Trinajstić information content (AvgIpc) is 2.21. The second-order valence-electron chi connectivity index (χ2n) is 3.10. The zero-order valence-corrected chi connectivity index (χ0v) is 9.89. The Morgan fingerprint density at radius 2 is 1.73 bits per heavy atom. The summed E-state index contributed by atoms with van der Waals surface area (Å²) in [5.74, 6) is 0. The minimum Gasteiger partial charge on any atom is -0.460 e. The maximum absolute atomic E-state index is 5.59. The Hall–Kier alpha value is -0.580. The van der Waals surface area contributed by atoms with E-state index in [0.29, 0.717) is 6.01 Å². The fraction of sp³-hybridized carbons (Fsp3) is 0.556. The van der Waals surface area contributed by atoms with Gasteiger partial charge in [0, 0.05) is 12.4 Å². The lowest BCUT2D eigenvalue weighted by molar-refractivity contribution is 0.149. The molecule has 1 N–H and O–H groups in total. The number of hydrogen-bond acceptors (Lipinski definition) is 4. The Balaban J connectivity index is 0.000000980. The normalized spacial score (nSPS) is 16.0. The minimum absolute atomic E-state index is 0. The molecule has 0 unspecified atom stereocenters. The van der Waals surface area contributed by atoms with E-state index in [2.05, 4.69) is 15.3 Å². The number of piperidine rings is 1. The van der Waals surface area contributed by atoms with Crippen LogP contribution in [0.4, 0.5) is 0 Å². The Morgan fingerprint density at radius 3 is 2.33 bits per heavy atom. The molecule has 6 heteroatoms. The van der Waals surface area contributed by atoms with E-state index in [-0.39, 0.29) is 30.9 Å². The molecule has 1 fully saturated rings. The van der Waals surface area contributed by atoms with E-state index in [9.17, 15) is 0 Å². The second-order valence-corrected chi connectivity index (χ2v) is 3.10. The van der Waals surface area contributed by atoms with E-state index in [4.69, 9.17) is 4.74 Å². The summed E-state index contributed by atoms with van der Waals surface area (Å²) in [4.78, 5) is 8.04. The summed E-state index contributed by atoms with van der Waals surface area (Å²) in [5.41, 5.74) is 0. The molecule has 15 heavy (non-hydrogen) atoms. The van der Waals surface area contributed by atoms with Gasteiger partial charge >= 0.3 is 6.01 Å². The van der Waals surface area contributed by atoms with Gasteiger partial charge in [-0.1, -0.05) is 0 Å². The molecule has 0 spiro atoms. The van der Waals surface area contributed by atoms with Gasteiger partial charge in [-0.3, -0.25) is 0 Å². The molecule has 2 heterocycles. The fourth-order valence-electron chi connectivity index (χ4n) is 1.41. The first kappa shape index (κ1) is 14.4. The summed E-state index contributed by atoms with van der Waals surface area (Å²) < 4.78 is 5.59. The molecular formula is C9H15Cl2N3O. The molecular weight excluding hydrogens is 237 g/mol. The molecule has 1 aliphatic rings. The molecule has 0 radical (unpaired) electrons. The number of halogens is 2. The largest absolute Gasteiger partial charge is 0.460 e. The molecule has 1 aromatic heterocycles. The third kappa shape index (κ3) is 4.64. The van der Waals surface area contributed by atoms with Crippen molar-refractivity contribution in [1.82, 2.24) is 15.3 Å². The topological polar surface area (TPSA) is 47.0 Å². The van der Waals surface area contributed by atoms with Gasteiger partial charge in [-0.2, -0.15) is 0 Å². The standard InChI is InChI=1S/C9H13N3O.2ClH/c1-4-11-9(12-5-1)13-8-2-6-10-7-3-8;;/h1,4-5,8,10H,2-3,6-7H2;2*1H. The third-order valence-corrected chi connectivity index (χ3v) is 2.10. The van der Waals surface area contributed by atoms with Crippen molar-refractivity contribution in [2.45, 2.75) is 18.9 Å². The summed E-state index contributed by atoms with van der Waals surface area (Å²) in [6.45, 7) is 2.05. The lowest BCUT2D eigenvalue weighted by atomic mass is 10.1. The Bertz CT molecular complexity index is 255. The molecule has 1 saturated heterocycles. The van der Waals surface area contributed by atoms with Crippen molar-refractivity contribution in [3.63, 3.8) is 0 Å². The minimum atomic E-state index is 0. The van der Waals surface area contributed by atoms with Gasteiger partial charge in [-0.15, -0.1) is 24.8 Å². The molecule has 4 nitrogen and oxygen atoms in total. The van der Waals surface area contributed by atoms with Gasteiger partial charge in [0.2, 0.25) is 0 Å². The quantitative estimate of drug-likeness (QED) is 0.865. The van der Waals surface area contributed by atoms with Crippen molar-refractivity contribution < 1.29 is 4.74 Å². The predicted molar refractivity (Wildman–Crippen MR) is 63.0 cm³/mol. The van der Waals surface area contributed by atoms with Crippen LogP contribution in [0.3, 0.4) is 0 Å². The number of nitrogens with one attached hydrogen (secondary N) is 1. The van der Waals surface area contributed by atoms with Gasteiger partial charge in [0.1, 0.15) is 6.10 Å². The summed E-state index contributed by atoms with van der Waals surface area (Å²) >= 11 is 0. The van der Waals surface area contributed by atoms with Crippen LogP contribution in [0.5, 0.6) is 6.01 Å². The highest BCUT2D eigenvalue weighted by Gasteiger charge is 2.14. The van der Waals surface area contributed by atoms with Crippen LogP contribution >= 0.6 is 24.8 Å². The van der Waals surface area contributed by atoms with Gasteiger partial charge < -0.3 is 10.1 Å². The van der Waals surface area contributed by atoms with Crippen molar-refractivity contribution in [1.29, 1.82) is 0 Å². The van der Waals surface area contributed by atoms with Crippen LogP contribution in [0, 0.1) is 0 Å². The molecule has 0 amide bonds. The van der Waals surface area contributed by atoms with E-state index in [0.717, 1.165) is 25.9 Å². The summed E-state index contributed by atoms with van der Waals surface area (Å²) in [6.07, 6.45) is 5.76. The number of rotatable bonds is 2. The lowest BCUT2D eigenvalue weighted by Crippen LogP contribution is -2.34. The highest BCUT2D eigenvalue weighted by molar-refractivity contribution is 5.85. The SMILES string of the molecule is Cl.Cl.c1cnc(OC2CCNCC2)nc1. The molecule has 1 aromatic rings. The van der Waals surface area contributed by atoms with Crippen LogP contribution in [0.1, 0.15) is 12.8 Å². The molecule has 1 aliphatic heterocycles. The number of hydrogen-bond donors (Lipinski definition) is 1. The van der Waals surface area contributed by atoms with E-state index in [1.165, 1.54) is 0 Å². The second kappa shape index (κ2) is 7.68. The van der Waals surface area contributed by atoms with Crippen LogP contribution in [0.15, 0.2) is 18.5 Å². The van der Waals surface area contributed by atoms with Crippen molar-refractivity contribution in [2.75, 3.05) is 13.1 Å². The zero-order chi connectivity index (χ0) is 8.93. The molecule has 2 rings (SSSR count). The molecule has 0 aliphatic carbocycles. The summed E-state index contributed by atoms with van der Waals surface area (Å²) in [7, 11) is 0. The molecule has 0 bridgehead atoms. The highest BCUT2D eigenvalue weighted by atomic mass is 35.5. The number of ether oxygens (including phenoxy) is 1. The van der Waals surface area contributed by atoms with Crippen LogP contribution in [-0.2, 0) is 0 Å². The van der Waals surface area contributed by atoms with Crippen LogP contribution in [-0.4, -0.2) is 29.2 Å². The monoisotopic (exact) mass is 251 g/mol. The van der Waals surface area contributed by atoms with E-state index >= 15 is 0 Å². The van der Waals surface area contributed by atoms with E-state index < -0.39 is 0 Å². The van der Waals surface area contributed by atoms with Crippen LogP contribution in [0.2, 0.25) is 0 Å². The molecule has 0 atom stereocenters. The number of aromatic nitrogens is 2. The van der Waals surface area contributed by atoms with Crippen LogP contribution in [0.25, 0.3) is 0 Å². The predicted octanol–water partition coefficient (Wildman–Crippen LogP) is 1.45. The first-order chi connectivity index (χ1) is 6.45. The molecule has 86 valence electrons. The maximum atomic E-state index is 5.59. The first-order valence-electron chi connectivity index (χ1n) is 4.59. The van der Waals surface area contributed by atoms with Crippen molar-refractivity contribution in [3.8, 4) is 6.01 Å². The Morgan fingerprint density at radius 1 is 1.13 bits per heavy atom. The smallest absolute Gasteiger partial charge is 0.316 e. The highest BCUT2D eigenvalue weighted by Crippen LogP contribution is 2.10. The number of nitrogens with zero attached hydrogens (tertiary/aromatic N) is 2. The van der Waals surface area contributed by atoms with Crippen molar-refractivity contribution >= 4 is 24.8 Å². The zero-order valence-electron chi connectivity index (χ0n) is 8.26. The lowest BCUT2D eigenvalue weighted by Gasteiger charge is -2.22. The van der Waals surface area contributed by atoms with Crippen molar-refractivity contribution in [3.05, 3.63) is 18.5 Å². The maximum Gasteiger partial charge on any atom is 0.316 e. The summed E-state index contributed by atoms with van der Waals surface area (Å²) in [6, 6.07) is 2.28. The van der Waals surface area contributed by atoms with Gasteiger partial charge in [0.15, 0.2) is 0 Å². The Kier molecular flexibility index (Phi) is 7.38. The molecule has 0 aromatic carbocycles. The van der Waals surface area contributed by atoms with Gasteiger partial charge in [0.25, 0.3) is 0 Å². The average molecular weight is 252 g/mol. The van der Waals surface area contributed by atoms with Crippen LogP contribution < -0.4 is 10.1 Å². The Labute approximate surface area is 102 Å². The van der Waals surface area contributed by atoms with E-state index in [1.807, 2.05) is 0 Å². The summed E-state index contributed by atoms with van der Waals surface area (Å²) in [5, 5.41) is 3.28.